The molecular formula is C13H18O3. The second-order valence-corrected chi connectivity index (χ2v) is 3.44. The molecule has 0 radical (unpaired) electrons. The second-order valence-electron chi connectivity index (χ2n) is 3.44. The van der Waals surface area contributed by atoms with E-state index in [1.54, 1.807) is 12.1 Å². The van der Waals surface area contributed by atoms with Crippen molar-refractivity contribution in [2.75, 3.05) is 13.2 Å². The number of benzene rings is 1. The maximum Gasteiger partial charge on any atom is 0.311 e. The van der Waals surface area contributed by atoms with E-state index >= 15 is 0 Å². The van der Waals surface area contributed by atoms with Crippen LogP contribution in [-0.4, -0.2) is 19.2 Å². The van der Waals surface area contributed by atoms with Crippen molar-refractivity contribution in [1.29, 1.82) is 0 Å². The lowest BCUT2D eigenvalue weighted by atomic mass is 10.2. The Bertz CT molecular complexity index is 295. The molecule has 0 heterocycles. The zero-order chi connectivity index (χ0) is 11.6. The van der Waals surface area contributed by atoms with Crippen molar-refractivity contribution in [3.63, 3.8) is 0 Å². The van der Waals surface area contributed by atoms with E-state index in [-0.39, 0.29) is 5.97 Å². The van der Waals surface area contributed by atoms with E-state index < -0.39 is 0 Å². The van der Waals surface area contributed by atoms with Gasteiger partial charge in [0, 0.05) is 19.6 Å². The van der Waals surface area contributed by atoms with Gasteiger partial charge in [-0.15, -0.1) is 0 Å². The van der Waals surface area contributed by atoms with Gasteiger partial charge in [0.15, 0.2) is 0 Å². The Kier molecular flexibility index (Phi) is 6.26. The molecule has 0 fully saturated rings. The maximum absolute atomic E-state index is 11.4. The molecule has 3 heteroatoms. The smallest absolute Gasteiger partial charge is 0.311 e. The number of para-hydroxylation sites is 1. The Labute approximate surface area is 96.4 Å². The summed E-state index contributed by atoms with van der Waals surface area (Å²) in [5, 5.41) is 0. The molecule has 0 aliphatic carbocycles. The Hall–Kier alpha value is -1.35. The summed E-state index contributed by atoms with van der Waals surface area (Å²) in [5.41, 5.74) is 0. The van der Waals surface area contributed by atoms with E-state index in [2.05, 4.69) is 0 Å². The van der Waals surface area contributed by atoms with Crippen LogP contribution < -0.4 is 4.74 Å². The van der Waals surface area contributed by atoms with Crippen LogP contribution in [0.2, 0.25) is 0 Å². The molecule has 0 amide bonds. The van der Waals surface area contributed by atoms with Crippen LogP contribution in [0.5, 0.6) is 5.75 Å². The SMILES string of the molecule is CCOCCCCC(=O)Oc1ccccc1. The number of carbonyl (C=O) groups excluding carboxylic acids is 1. The molecule has 0 aliphatic heterocycles. The quantitative estimate of drug-likeness (QED) is 0.404. The average Bonchev–Trinajstić information content (AvgIpc) is 2.30. The highest BCUT2D eigenvalue weighted by Crippen LogP contribution is 2.10. The van der Waals surface area contributed by atoms with E-state index in [9.17, 15) is 4.79 Å². The zero-order valence-corrected chi connectivity index (χ0v) is 9.65. The van der Waals surface area contributed by atoms with E-state index in [0.717, 1.165) is 26.1 Å². The van der Waals surface area contributed by atoms with Gasteiger partial charge in [-0.05, 0) is 31.9 Å². The third kappa shape index (κ3) is 5.51. The summed E-state index contributed by atoms with van der Waals surface area (Å²) in [6.07, 6.45) is 2.16. The van der Waals surface area contributed by atoms with Crippen LogP contribution in [0.25, 0.3) is 0 Å². The van der Waals surface area contributed by atoms with Gasteiger partial charge in [0.2, 0.25) is 0 Å². The van der Waals surface area contributed by atoms with Crippen LogP contribution in [-0.2, 0) is 9.53 Å². The molecule has 1 aromatic carbocycles. The van der Waals surface area contributed by atoms with Crippen LogP contribution in [0, 0.1) is 0 Å². The lowest BCUT2D eigenvalue weighted by Gasteiger charge is -2.04. The summed E-state index contributed by atoms with van der Waals surface area (Å²) in [5.74, 6) is 0.431. The third-order valence-corrected chi connectivity index (χ3v) is 2.10. The van der Waals surface area contributed by atoms with Gasteiger partial charge < -0.3 is 9.47 Å². The zero-order valence-electron chi connectivity index (χ0n) is 9.65. The highest BCUT2D eigenvalue weighted by atomic mass is 16.5. The number of ether oxygens (including phenoxy) is 2. The first-order valence-corrected chi connectivity index (χ1v) is 5.66. The number of hydrogen-bond acceptors (Lipinski definition) is 3. The van der Waals surface area contributed by atoms with Crippen LogP contribution >= 0.6 is 0 Å². The number of hydrogen-bond donors (Lipinski definition) is 0. The molecule has 16 heavy (non-hydrogen) atoms. The monoisotopic (exact) mass is 222 g/mol. The largest absolute Gasteiger partial charge is 0.427 e. The highest BCUT2D eigenvalue weighted by Gasteiger charge is 2.03. The fraction of sp³-hybridized carbons (Fsp3) is 0.462. The van der Waals surface area contributed by atoms with Gasteiger partial charge in [0.1, 0.15) is 5.75 Å². The Balaban J connectivity index is 2.12. The molecule has 3 nitrogen and oxygen atoms in total. The highest BCUT2D eigenvalue weighted by molar-refractivity contribution is 5.72. The van der Waals surface area contributed by atoms with Crippen LogP contribution in [0.3, 0.4) is 0 Å². The van der Waals surface area contributed by atoms with Crippen molar-refractivity contribution >= 4 is 5.97 Å². The first-order valence-electron chi connectivity index (χ1n) is 5.66. The third-order valence-electron chi connectivity index (χ3n) is 2.10. The Morgan fingerprint density at radius 1 is 1.19 bits per heavy atom. The van der Waals surface area contributed by atoms with Gasteiger partial charge in [0.05, 0.1) is 0 Å². The number of carbonyl (C=O) groups is 1. The number of esters is 1. The minimum Gasteiger partial charge on any atom is -0.427 e. The Morgan fingerprint density at radius 2 is 1.94 bits per heavy atom. The molecule has 0 bridgehead atoms. The van der Waals surface area contributed by atoms with E-state index in [4.69, 9.17) is 9.47 Å². The number of unbranched alkanes of at least 4 members (excludes halogenated alkanes) is 1. The fourth-order valence-electron chi connectivity index (χ4n) is 1.29. The number of rotatable bonds is 7. The van der Waals surface area contributed by atoms with Crippen LogP contribution in [0.4, 0.5) is 0 Å². The van der Waals surface area contributed by atoms with Crippen molar-refractivity contribution < 1.29 is 14.3 Å². The van der Waals surface area contributed by atoms with E-state index in [0.29, 0.717) is 12.2 Å². The van der Waals surface area contributed by atoms with Crippen molar-refractivity contribution in [2.24, 2.45) is 0 Å². The van der Waals surface area contributed by atoms with E-state index in [1.807, 2.05) is 25.1 Å². The molecular weight excluding hydrogens is 204 g/mol. The van der Waals surface area contributed by atoms with Crippen LogP contribution in [0.1, 0.15) is 26.2 Å². The topological polar surface area (TPSA) is 35.5 Å². The molecule has 0 unspecified atom stereocenters. The molecule has 0 saturated carbocycles. The van der Waals surface area contributed by atoms with Gasteiger partial charge in [0.25, 0.3) is 0 Å². The summed E-state index contributed by atoms with van der Waals surface area (Å²) in [4.78, 5) is 11.4. The van der Waals surface area contributed by atoms with Gasteiger partial charge in [-0.3, -0.25) is 4.79 Å². The summed E-state index contributed by atoms with van der Waals surface area (Å²) in [6.45, 7) is 3.41. The predicted molar refractivity (Wildman–Crippen MR) is 62.4 cm³/mol. The first-order chi connectivity index (χ1) is 7.83. The molecule has 0 N–H and O–H groups in total. The summed E-state index contributed by atoms with van der Waals surface area (Å²) in [6, 6.07) is 9.13. The van der Waals surface area contributed by atoms with Gasteiger partial charge in [-0.25, -0.2) is 0 Å². The molecule has 0 atom stereocenters. The molecule has 0 saturated heterocycles. The first kappa shape index (κ1) is 12.7. The lowest BCUT2D eigenvalue weighted by Crippen LogP contribution is -2.08. The maximum atomic E-state index is 11.4. The van der Waals surface area contributed by atoms with Crippen molar-refractivity contribution in [1.82, 2.24) is 0 Å². The molecule has 88 valence electrons. The van der Waals surface area contributed by atoms with Crippen molar-refractivity contribution in [2.45, 2.75) is 26.2 Å². The van der Waals surface area contributed by atoms with Gasteiger partial charge >= 0.3 is 5.97 Å². The van der Waals surface area contributed by atoms with Crippen molar-refractivity contribution in [3.8, 4) is 5.75 Å². The average molecular weight is 222 g/mol. The molecule has 0 aliphatic rings. The fourth-order valence-corrected chi connectivity index (χ4v) is 1.29. The normalized spacial score (nSPS) is 10.1. The predicted octanol–water partition coefficient (Wildman–Crippen LogP) is 2.80. The standard InChI is InChI=1S/C13H18O3/c1-2-15-11-7-6-10-13(14)16-12-8-4-3-5-9-12/h3-5,8-9H,2,6-7,10-11H2,1H3. The van der Waals surface area contributed by atoms with E-state index in [1.165, 1.54) is 0 Å². The Morgan fingerprint density at radius 3 is 2.62 bits per heavy atom. The van der Waals surface area contributed by atoms with Crippen LogP contribution in [0.15, 0.2) is 30.3 Å². The lowest BCUT2D eigenvalue weighted by molar-refractivity contribution is -0.134. The molecule has 0 spiro atoms. The summed E-state index contributed by atoms with van der Waals surface area (Å²) < 4.78 is 10.3. The summed E-state index contributed by atoms with van der Waals surface area (Å²) in [7, 11) is 0. The van der Waals surface area contributed by atoms with Gasteiger partial charge in [-0.2, -0.15) is 0 Å². The second kappa shape index (κ2) is 7.88. The minimum atomic E-state index is -0.178. The summed E-state index contributed by atoms with van der Waals surface area (Å²) >= 11 is 0. The molecule has 0 aromatic heterocycles. The molecule has 1 rings (SSSR count). The van der Waals surface area contributed by atoms with Crippen molar-refractivity contribution in [3.05, 3.63) is 30.3 Å². The van der Waals surface area contributed by atoms with Gasteiger partial charge in [-0.1, -0.05) is 18.2 Å². The minimum absolute atomic E-state index is 0.178. The molecule has 1 aromatic rings.